The number of carbonyl (C=O) groups excluding carboxylic acids is 1. The Morgan fingerprint density at radius 2 is 0.941 bits per heavy atom. The zero-order valence-electron chi connectivity index (χ0n) is 23.0. The summed E-state index contributed by atoms with van der Waals surface area (Å²) in [6.45, 7) is 5.10. The predicted molar refractivity (Wildman–Crippen MR) is 151 cm³/mol. The monoisotopic (exact) mass is 474 g/mol. The first-order valence-corrected chi connectivity index (χ1v) is 14.9. The minimum atomic E-state index is 0.00134. The molecule has 198 valence electrons. The van der Waals surface area contributed by atoms with Crippen molar-refractivity contribution in [2.24, 2.45) is 0 Å². The van der Waals surface area contributed by atoms with Crippen LogP contribution in [0.1, 0.15) is 155 Å². The van der Waals surface area contributed by atoms with E-state index in [4.69, 9.17) is 4.74 Å². The summed E-state index contributed by atoms with van der Waals surface area (Å²) in [5.41, 5.74) is 0. The molecule has 2 nitrogen and oxygen atoms in total. The molecular weight excluding hydrogens is 416 g/mol. The molecule has 0 amide bonds. The summed E-state index contributed by atoms with van der Waals surface area (Å²) < 4.78 is 5.39. The van der Waals surface area contributed by atoms with Crippen LogP contribution in [0.4, 0.5) is 0 Å². The Hall–Kier alpha value is -1.31. The first kappa shape index (κ1) is 32.7. The molecule has 0 aliphatic rings. The Morgan fingerprint density at radius 3 is 1.53 bits per heavy atom. The molecule has 0 aromatic heterocycles. The van der Waals surface area contributed by atoms with E-state index in [1.807, 2.05) is 0 Å². The Labute approximate surface area is 213 Å². The Kier molecular flexibility index (Phi) is 28.6. The van der Waals surface area contributed by atoms with Gasteiger partial charge in [-0.15, -0.1) is 0 Å². The van der Waals surface area contributed by atoms with E-state index in [0.29, 0.717) is 13.0 Å². The first-order chi connectivity index (χ1) is 16.8. The minimum Gasteiger partial charge on any atom is -0.466 e. The lowest BCUT2D eigenvalue weighted by molar-refractivity contribution is -0.143. The van der Waals surface area contributed by atoms with Crippen molar-refractivity contribution in [2.75, 3.05) is 6.61 Å². The molecule has 0 bridgehead atoms. The summed E-state index contributed by atoms with van der Waals surface area (Å²) in [7, 11) is 0. The molecule has 0 aliphatic heterocycles. The molecule has 0 aliphatic carbocycles. The summed E-state index contributed by atoms with van der Waals surface area (Å²) in [5.74, 6) is 0.00134. The number of ether oxygens (including phenoxy) is 1. The maximum atomic E-state index is 11.8. The van der Waals surface area contributed by atoms with E-state index in [1.165, 1.54) is 109 Å². The fourth-order valence-corrected chi connectivity index (χ4v) is 3.97. The third-order valence-electron chi connectivity index (χ3n) is 6.25. The first-order valence-electron chi connectivity index (χ1n) is 14.9. The van der Waals surface area contributed by atoms with Gasteiger partial charge in [-0.2, -0.15) is 0 Å². The summed E-state index contributed by atoms with van der Waals surface area (Å²) in [6, 6.07) is 0. The molecule has 0 saturated heterocycles. The van der Waals surface area contributed by atoms with Crippen molar-refractivity contribution in [3.8, 4) is 0 Å². The van der Waals surface area contributed by atoms with Crippen molar-refractivity contribution >= 4 is 5.97 Å². The molecule has 0 radical (unpaired) electrons. The summed E-state index contributed by atoms with van der Waals surface area (Å²) in [5, 5.41) is 0. The Bertz CT molecular complexity index is 489. The highest BCUT2D eigenvalue weighted by atomic mass is 16.5. The van der Waals surface area contributed by atoms with E-state index < -0.39 is 0 Å². The minimum absolute atomic E-state index is 0.00134. The van der Waals surface area contributed by atoms with Gasteiger partial charge in [-0.1, -0.05) is 121 Å². The van der Waals surface area contributed by atoms with Crippen molar-refractivity contribution < 1.29 is 9.53 Å². The van der Waals surface area contributed by atoms with Gasteiger partial charge in [-0.05, 0) is 64.2 Å². The summed E-state index contributed by atoms with van der Waals surface area (Å²) in [4.78, 5) is 11.8. The topological polar surface area (TPSA) is 26.3 Å². The van der Waals surface area contributed by atoms with Gasteiger partial charge in [-0.3, -0.25) is 4.79 Å². The maximum Gasteiger partial charge on any atom is 0.305 e. The second-order valence-corrected chi connectivity index (χ2v) is 9.72. The average Bonchev–Trinajstić information content (AvgIpc) is 2.84. The second kappa shape index (κ2) is 29.7. The normalized spacial score (nSPS) is 11.9. The van der Waals surface area contributed by atoms with E-state index in [1.54, 1.807) is 0 Å². The van der Waals surface area contributed by atoms with Crippen LogP contribution in [-0.2, 0) is 9.53 Å². The van der Waals surface area contributed by atoms with Gasteiger partial charge in [0.25, 0.3) is 0 Å². The fraction of sp³-hybridized carbons (Fsp3) is 0.781. The summed E-state index contributed by atoms with van der Waals surface area (Å²) in [6.07, 6.45) is 40.4. The molecule has 0 heterocycles. The van der Waals surface area contributed by atoms with Gasteiger partial charge in [-0.25, -0.2) is 0 Å². The van der Waals surface area contributed by atoms with Crippen LogP contribution in [0.2, 0.25) is 0 Å². The lowest BCUT2D eigenvalue weighted by Crippen LogP contribution is -2.05. The van der Waals surface area contributed by atoms with Gasteiger partial charge < -0.3 is 4.74 Å². The zero-order valence-corrected chi connectivity index (χ0v) is 23.0. The highest BCUT2D eigenvalue weighted by Crippen LogP contribution is 2.10. The Balaban J connectivity index is 3.26. The molecule has 0 spiro atoms. The van der Waals surface area contributed by atoms with Crippen molar-refractivity contribution in [1.29, 1.82) is 0 Å². The molecule has 0 saturated carbocycles. The molecule has 0 atom stereocenters. The van der Waals surface area contributed by atoms with Gasteiger partial charge in [0.05, 0.1) is 6.61 Å². The Morgan fingerprint density at radius 1 is 0.500 bits per heavy atom. The summed E-state index contributed by atoms with van der Waals surface area (Å²) >= 11 is 0. The SMILES string of the molecule is CCCC/C=C\CCCCCCCC(=O)OCCCCCCCC/C=C\C/C=C\CCCCC. The lowest BCUT2D eigenvalue weighted by atomic mass is 10.1. The lowest BCUT2D eigenvalue weighted by Gasteiger charge is -2.05. The van der Waals surface area contributed by atoms with Crippen LogP contribution in [0.3, 0.4) is 0 Å². The standard InChI is InChI=1S/C32H58O2/c1-3-5-7-9-11-13-15-16-17-18-19-21-23-25-27-29-31-34-32(33)30-28-26-24-22-20-14-12-10-8-6-4-2/h10-13,16-17H,3-9,14-15,18-31H2,1-2H3/b12-10-,13-11-,17-16-. The second-order valence-electron chi connectivity index (χ2n) is 9.72. The van der Waals surface area contributed by atoms with E-state index >= 15 is 0 Å². The number of unbranched alkanes of at least 4 members (excludes halogenated alkanes) is 16. The molecular formula is C32H58O2. The molecule has 0 N–H and O–H groups in total. The maximum absolute atomic E-state index is 11.8. The molecule has 34 heavy (non-hydrogen) atoms. The quantitative estimate of drug-likeness (QED) is 0.0707. The third-order valence-corrected chi connectivity index (χ3v) is 6.25. The molecule has 2 heteroatoms. The van der Waals surface area contributed by atoms with Gasteiger partial charge in [0, 0.05) is 6.42 Å². The number of hydrogen-bond donors (Lipinski definition) is 0. The highest BCUT2D eigenvalue weighted by Gasteiger charge is 2.02. The van der Waals surface area contributed by atoms with Crippen LogP contribution >= 0.6 is 0 Å². The van der Waals surface area contributed by atoms with Crippen molar-refractivity contribution in [3.05, 3.63) is 36.5 Å². The molecule has 0 unspecified atom stereocenters. The van der Waals surface area contributed by atoms with Crippen molar-refractivity contribution in [2.45, 2.75) is 155 Å². The van der Waals surface area contributed by atoms with Crippen LogP contribution in [0.15, 0.2) is 36.5 Å². The number of allylic oxidation sites excluding steroid dienone is 6. The number of hydrogen-bond acceptors (Lipinski definition) is 2. The van der Waals surface area contributed by atoms with Gasteiger partial charge in [0.2, 0.25) is 0 Å². The third kappa shape index (κ3) is 28.7. The van der Waals surface area contributed by atoms with Crippen LogP contribution in [0.25, 0.3) is 0 Å². The van der Waals surface area contributed by atoms with E-state index in [-0.39, 0.29) is 5.97 Å². The van der Waals surface area contributed by atoms with Crippen molar-refractivity contribution in [1.82, 2.24) is 0 Å². The van der Waals surface area contributed by atoms with E-state index in [9.17, 15) is 4.79 Å². The van der Waals surface area contributed by atoms with Crippen molar-refractivity contribution in [3.63, 3.8) is 0 Å². The average molecular weight is 475 g/mol. The highest BCUT2D eigenvalue weighted by molar-refractivity contribution is 5.69. The van der Waals surface area contributed by atoms with Crippen LogP contribution in [0.5, 0.6) is 0 Å². The smallest absolute Gasteiger partial charge is 0.305 e. The number of esters is 1. The largest absolute Gasteiger partial charge is 0.466 e. The van der Waals surface area contributed by atoms with E-state index in [0.717, 1.165) is 25.7 Å². The van der Waals surface area contributed by atoms with Gasteiger partial charge >= 0.3 is 5.97 Å². The predicted octanol–water partition coefficient (Wildman–Crippen LogP) is 10.8. The molecule has 0 rings (SSSR count). The van der Waals surface area contributed by atoms with Gasteiger partial charge in [0.1, 0.15) is 0 Å². The zero-order chi connectivity index (χ0) is 24.8. The molecule has 0 aromatic rings. The molecule has 0 fully saturated rings. The van der Waals surface area contributed by atoms with Crippen LogP contribution < -0.4 is 0 Å². The number of rotatable bonds is 26. The van der Waals surface area contributed by atoms with Crippen LogP contribution in [-0.4, -0.2) is 12.6 Å². The fourth-order valence-electron chi connectivity index (χ4n) is 3.97. The number of carbonyl (C=O) groups is 1. The van der Waals surface area contributed by atoms with Crippen LogP contribution in [0, 0.1) is 0 Å². The van der Waals surface area contributed by atoms with Gasteiger partial charge in [0.15, 0.2) is 0 Å². The molecule has 0 aromatic carbocycles. The van der Waals surface area contributed by atoms with E-state index in [2.05, 4.69) is 50.3 Å².